The van der Waals surface area contributed by atoms with Crippen molar-refractivity contribution in [1.29, 1.82) is 0 Å². The van der Waals surface area contributed by atoms with E-state index in [0.717, 1.165) is 24.2 Å². The molecule has 1 atom stereocenters. The first-order valence-corrected chi connectivity index (χ1v) is 11.7. The SMILES string of the molecule is O=C(NC(c1ccc2c(c1)OCCO2)C1CC1)c1ccc(Cl)c(NC(=O)c2cccs2)c1. The third-order valence-corrected chi connectivity index (χ3v) is 6.73. The van der Waals surface area contributed by atoms with E-state index < -0.39 is 0 Å². The molecular weight excluding hydrogens is 448 g/mol. The molecule has 2 aliphatic rings. The first kappa shape index (κ1) is 20.8. The van der Waals surface area contributed by atoms with Gasteiger partial charge in [-0.05, 0) is 66.1 Å². The quantitative estimate of drug-likeness (QED) is 0.514. The number of carbonyl (C=O) groups is 2. The average Bonchev–Trinajstić information content (AvgIpc) is 3.50. The average molecular weight is 469 g/mol. The third kappa shape index (κ3) is 4.45. The maximum absolute atomic E-state index is 13.1. The van der Waals surface area contributed by atoms with Gasteiger partial charge in [0, 0.05) is 5.56 Å². The molecular formula is C24H21ClN2O4S. The minimum atomic E-state index is -0.258. The van der Waals surface area contributed by atoms with Crippen molar-refractivity contribution in [2.45, 2.75) is 18.9 Å². The fourth-order valence-electron chi connectivity index (χ4n) is 3.73. The van der Waals surface area contributed by atoms with Crippen LogP contribution < -0.4 is 20.1 Å². The van der Waals surface area contributed by atoms with E-state index in [0.29, 0.717) is 46.0 Å². The second-order valence-corrected chi connectivity index (χ2v) is 9.17. The van der Waals surface area contributed by atoms with E-state index in [-0.39, 0.29) is 17.9 Å². The Hall–Kier alpha value is -3.03. The number of ether oxygens (including phenoxy) is 2. The van der Waals surface area contributed by atoms with Crippen LogP contribution in [0.2, 0.25) is 5.02 Å². The largest absolute Gasteiger partial charge is 0.486 e. The number of rotatable bonds is 6. The molecule has 0 radical (unpaired) electrons. The molecule has 2 N–H and O–H groups in total. The molecule has 2 heterocycles. The van der Waals surface area contributed by atoms with Crippen molar-refractivity contribution in [2.24, 2.45) is 5.92 Å². The van der Waals surface area contributed by atoms with Gasteiger partial charge in [0.25, 0.3) is 11.8 Å². The molecule has 1 fully saturated rings. The standard InChI is InChI=1S/C24H21ClN2O4S/c25-17-7-5-16(12-18(17)26-24(29)21-2-1-11-32-21)23(28)27-22(14-3-4-14)15-6-8-19-20(13-15)31-10-9-30-19/h1-2,5-8,11-14,22H,3-4,9-10H2,(H,26,29)(H,27,28). The van der Waals surface area contributed by atoms with Gasteiger partial charge >= 0.3 is 0 Å². The first-order chi connectivity index (χ1) is 15.6. The van der Waals surface area contributed by atoms with Crippen LogP contribution in [0.15, 0.2) is 53.9 Å². The molecule has 32 heavy (non-hydrogen) atoms. The zero-order valence-electron chi connectivity index (χ0n) is 17.1. The zero-order chi connectivity index (χ0) is 22.1. The van der Waals surface area contributed by atoms with Crippen molar-refractivity contribution in [1.82, 2.24) is 5.32 Å². The number of thiophene rings is 1. The topological polar surface area (TPSA) is 76.7 Å². The van der Waals surface area contributed by atoms with Gasteiger partial charge in [-0.2, -0.15) is 0 Å². The van der Waals surface area contributed by atoms with E-state index in [1.807, 2.05) is 23.6 Å². The van der Waals surface area contributed by atoms with E-state index in [1.165, 1.54) is 11.3 Å². The van der Waals surface area contributed by atoms with Crippen LogP contribution >= 0.6 is 22.9 Å². The number of nitrogens with one attached hydrogen (secondary N) is 2. The fraction of sp³-hybridized carbons (Fsp3) is 0.250. The summed E-state index contributed by atoms with van der Waals surface area (Å²) in [5.74, 6) is 1.34. The van der Waals surface area contributed by atoms with Gasteiger partial charge < -0.3 is 20.1 Å². The minimum Gasteiger partial charge on any atom is -0.486 e. The van der Waals surface area contributed by atoms with E-state index >= 15 is 0 Å². The lowest BCUT2D eigenvalue weighted by Gasteiger charge is -2.23. The number of hydrogen-bond acceptors (Lipinski definition) is 5. The Morgan fingerprint density at radius 3 is 2.56 bits per heavy atom. The summed E-state index contributed by atoms with van der Waals surface area (Å²) in [4.78, 5) is 26.1. The highest BCUT2D eigenvalue weighted by Crippen LogP contribution is 2.43. The Balaban J connectivity index is 1.35. The first-order valence-electron chi connectivity index (χ1n) is 10.4. The Kier molecular flexibility index (Phi) is 5.76. The number of carbonyl (C=O) groups excluding carboxylic acids is 2. The van der Waals surface area contributed by atoms with Crippen LogP contribution in [-0.2, 0) is 0 Å². The lowest BCUT2D eigenvalue weighted by atomic mass is 10.0. The molecule has 1 saturated carbocycles. The van der Waals surface area contributed by atoms with Crippen molar-refractivity contribution in [3.8, 4) is 11.5 Å². The number of fused-ring (bicyclic) bond motifs is 1. The predicted octanol–water partition coefficient (Wildman–Crippen LogP) is 5.31. The summed E-state index contributed by atoms with van der Waals surface area (Å²) in [5, 5.41) is 8.15. The van der Waals surface area contributed by atoms with Crippen molar-refractivity contribution >= 4 is 40.4 Å². The molecule has 0 saturated heterocycles. The Bertz CT molecular complexity index is 1160. The van der Waals surface area contributed by atoms with Crippen LogP contribution in [-0.4, -0.2) is 25.0 Å². The van der Waals surface area contributed by atoms with Crippen LogP contribution in [0, 0.1) is 5.92 Å². The highest BCUT2D eigenvalue weighted by Gasteiger charge is 2.34. The Morgan fingerprint density at radius 2 is 1.81 bits per heavy atom. The van der Waals surface area contributed by atoms with Crippen molar-refractivity contribution in [3.63, 3.8) is 0 Å². The third-order valence-electron chi connectivity index (χ3n) is 5.53. The maximum Gasteiger partial charge on any atom is 0.265 e. The van der Waals surface area contributed by atoms with Gasteiger partial charge in [0.05, 0.1) is 21.6 Å². The molecule has 2 aromatic carbocycles. The van der Waals surface area contributed by atoms with Crippen LogP contribution in [0.1, 0.15) is 44.5 Å². The summed E-state index contributed by atoms with van der Waals surface area (Å²) < 4.78 is 11.3. The van der Waals surface area contributed by atoms with Crippen LogP contribution in [0.3, 0.4) is 0 Å². The molecule has 1 aliphatic heterocycles. The van der Waals surface area contributed by atoms with Crippen molar-refractivity contribution < 1.29 is 19.1 Å². The molecule has 3 aromatic rings. The molecule has 1 aromatic heterocycles. The van der Waals surface area contributed by atoms with Gasteiger partial charge in [-0.3, -0.25) is 9.59 Å². The van der Waals surface area contributed by atoms with Gasteiger partial charge in [0.15, 0.2) is 11.5 Å². The van der Waals surface area contributed by atoms with E-state index in [4.69, 9.17) is 21.1 Å². The summed E-state index contributed by atoms with van der Waals surface area (Å²) in [6.07, 6.45) is 2.12. The number of benzene rings is 2. The summed E-state index contributed by atoms with van der Waals surface area (Å²) in [6, 6.07) is 14.1. The second-order valence-electron chi connectivity index (χ2n) is 7.82. The second kappa shape index (κ2) is 8.84. The molecule has 8 heteroatoms. The van der Waals surface area contributed by atoms with Gasteiger partial charge in [0.2, 0.25) is 0 Å². The zero-order valence-corrected chi connectivity index (χ0v) is 18.7. The number of anilines is 1. The minimum absolute atomic E-state index is 0.127. The highest BCUT2D eigenvalue weighted by atomic mass is 35.5. The van der Waals surface area contributed by atoms with Gasteiger partial charge in [-0.15, -0.1) is 11.3 Å². The molecule has 5 rings (SSSR count). The summed E-state index contributed by atoms with van der Waals surface area (Å²) in [5.41, 5.74) is 1.82. The number of halogens is 1. The molecule has 2 amide bonds. The van der Waals surface area contributed by atoms with Gasteiger partial charge in [0.1, 0.15) is 13.2 Å². The van der Waals surface area contributed by atoms with Crippen LogP contribution in [0.4, 0.5) is 5.69 Å². The van der Waals surface area contributed by atoms with Gasteiger partial charge in [-0.25, -0.2) is 0 Å². The van der Waals surface area contributed by atoms with E-state index in [9.17, 15) is 9.59 Å². The van der Waals surface area contributed by atoms with Gasteiger partial charge in [-0.1, -0.05) is 23.7 Å². The molecule has 6 nitrogen and oxygen atoms in total. The predicted molar refractivity (Wildman–Crippen MR) is 124 cm³/mol. The molecule has 0 bridgehead atoms. The maximum atomic E-state index is 13.1. The Labute approximate surface area is 194 Å². The van der Waals surface area contributed by atoms with E-state index in [1.54, 1.807) is 30.3 Å². The van der Waals surface area contributed by atoms with Crippen molar-refractivity contribution in [2.75, 3.05) is 18.5 Å². The lowest BCUT2D eigenvalue weighted by molar-refractivity contribution is 0.0930. The number of hydrogen-bond donors (Lipinski definition) is 2. The molecule has 1 unspecified atom stereocenters. The molecule has 164 valence electrons. The van der Waals surface area contributed by atoms with Crippen molar-refractivity contribution in [3.05, 3.63) is 74.9 Å². The smallest absolute Gasteiger partial charge is 0.265 e. The number of amides is 2. The molecule has 0 spiro atoms. The summed E-state index contributed by atoms with van der Waals surface area (Å²) in [6.45, 7) is 1.05. The highest BCUT2D eigenvalue weighted by molar-refractivity contribution is 7.12. The lowest BCUT2D eigenvalue weighted by Crippen LogP contribution is -2.30. The van der Waals surface area contributed by atoms with E-state index in [2.05, 4.69) is 10.6 Å². The summed E-state index contributed by atoms with van der Waals surface area (Å²) in [7, 11) is 0. The monoisotopic (exact) mass is 468 g/mol. The molecule has 1 aliphatic carbocycles. The fourth-order valence-corrected chi connectivity index (χ4v) is 4.52. The normalized spacial score (nSPS) is 15.7. The Morgan fingerprint density at radius 1 is 1.00 bits per heavy atom. The summed E-state index contributed by atoms with van der Waals surface area (Å²) >= 11 is 7.61. The van der Waals surface area contributed by atoms with Crippen LogP contribution in [0.5, 0.6) is 11.5 Å². The van der Waals surface area contributed by atoms with Crippen LogP contribution in [0.25, 0.3) is 0 Å².